The average Bonchev–Trinajstić information content (AvgIpc) is 3.02. The molecule has 3 rings (SSSR count). The van der Waals surface area contributed by atoms with Crippen LogP contribution in [0.2, 0.25) is 0 Å². The summed E-state index contributed by atoms with van der Waals surface area (Å²) in [6.45, 7) is 5.67. The van der Waals surface area contributed by atoms with Gasteiger partial charge in [0.1, 0.15) is 5.82 Å². The van der Waals surface area contributed by atoms with E-state index < -0.39 is 0 Å². The van der Waals surface area contributed by atoms with E-state index in [-0.39, 0.29) is 0 Å². The summed E-state index contributed by atoms with van der Waals surface area (Å²) < 4.78 is 1.62. The van der Waals surface area contributed by atoms with E-state index in [1.807, 2.05) is 43.5 Å². The Kier molecular flexibility index (Phi) is 4.01. The molecule has 0 aromatic carbocycles. The van der Waals surface area contributed by atoms with Crippen molar-refractivity contribution in [3.63, 3.8) is 0 Å². The fourth-order valence-electron chi connectivity index (χ4n) is 2.34. The van der Waals surface area contributed by atoms with Gasteiger partial charge in [-0.05, 0) is 24.6 Å². The van der Waals surface area contributed by atoms with E-state index in [2.05, 4.69) is 21.6 Å². The van der Waals surface area contributed by atoms with E-state index in [1.165, 1.54) is 0 Å². The fraction of sp³-hybridized carbons (Fsp3) is 0.0556. The van der Waals surface area contributed by atoms with Gasteiger partial charge in [0.2, 0.25) is 0 Å². The highest BCUT2D eigenvalue weighted by Gasteiger charge is 2.10. The van der Waals surface area contributed by atoms with Crippen LogP contribution in [-0.4, -0.2) is 19.6 Å². The molecule has 0 spiro atoms. The minimum absolute atomic E-state index is 0.552. The molecule has 0 aliphatic rings. The lowest BCUT2D eigenvalue weighted by Crippen LogP contribution is -1.98. The van der Waals surface area contributed by atoms with Crippen LogP contribution in [0.1, 0.15) is 12.6 Å². The molecule has 0 radical (unpaired) electrons. The molecular formula is C18H17N5. The first kappa shape index (κ1) is 14.7. The highest BCUT2D eigenvalue weighted by atomic mass is 15.3. The summed E-state index contributed by atoms with van der Waals surface area (Å²) in [5.74, 6) is 0.552. The van der Waals surface area contributed by atoms with Crippen LogP contribution in [-0.2, 0) is 0 Å². The van der Waals surface area contributed by atoms with Gasteiger partial charge < -0.3 is 5.73 Å². The van der Waals surface area contributed by atoms with Crippen molar-refractivity contribution in [1.82, 2.24) is 19.6 Å². The summed E-state index contributed by atoms with van der Waals surface area (Å²) in [5, 5.41) is 4.28. The molecule has 0 atom stereocenters. The average molecular weight is 303 g/mol. The van der Waals surface area contributed by atoms with Gasteiger partial charge in [0, 0.05) is 23.5 Å². The summed E-state index contributed by atoms with van der Waals surface area (Å²) in [6, 6.07) is 5.71. The van der Waals surface area contributed by atoms with E-state index in [4.69, 9.17) is 5.73 Å². The summed E-state index contributed by atoms with van der Waals surface area (Å²) in [6.07, 6.45) is 12.9. The van der Waals surface area contributed by atoms with Crippen LogP contribution < -0.4 is 5.73 Å². The third kappa shape index (κ3) is 2.76. The lowest BCUT2D eigenvalue weighted by Gasteiger charge is -2.03. The summed E-state index contributed by atoms with van der Waals surface area (Å²) in [7, 11) is 0. The second-order valence-corrected chi connectivity index (χ2v) is 4.93. The third-order valence-electron chi connectivity index (χ3n) is 3.52. The molecule has 3 aromatic rings. The van der Waals surface area contributed by atoms with Crippen molar-refractivity contribution in [2.75, 3.05) is 5.73 Å². The quantitative estimate of drug-likeness (QED) is 0.749. The Balaban J connectivity index is 2.00. The van der Waals surface area contributed by atoms with Crippen LogP contribution in [0.4, 0.5) is 5.82 Å². The number of allylic oxidation sites excluding steroid dienone is 5. The second kappa shape index (κ2) is 6.27. The molecule has 0 aliphatic carbocycles. The number of hydrogen-bond acceptors (Lipinski definition) is 4. The number of aromatic nitrogens is 4. The van der Waals surface area contributed by atoms with Crippen LogP contribution in [0.3, 0.4) is 0 Å². The normalized spacial score (nSPS) is 12.1. The van der Waals surface area contributed by atoms with Crippen LogP contribution in [0.25, 0.3) is 22.3 Å². The lowest BCUT2D eigenvalue weighted by molar-refractivity contribution is 0.952. The van der Waals surface area contributed by atoms with Crippen LogP contribution in [0.5, 0.6) is 0 Å². The van der Waals surface area contributed by atoms with Crippen molar-refractivity contribution < 1.29 is 0 Å². The monoisotopic (exact) mass is 303 g/mol. The molecule has 0 saturated heterocycles. The molecule has 0 saturated carbocycles. The third-order valence-corrected chi connectivity index (χ3v) is 3.52. The first-order chi connectivity index (χ1) is 11.2. The van der Waals surface area contributed by atoms with Gasteiger partial charge in [-0.2, -0.15) is 9.61 Å². The molecule has 0 bridgehead atoms. The molecule has 3 heterocycles. The molecular weight excluding hydrogens is 286 g/mol. The number of hydrogen-bond donors (Lipinski definition) is 1. The van der Waals surface area contributed by atoms with Crippen molar-refractivity contribution in [3.05, 3.63) is 73.4 Å². The minimum atomic E-state index is 0.552. The van der Waals surface area contributed by atoms with E-state index in [9.17, 15) is 0 Å². The smallest absolute Gasteiger partial charge is 0.165 e. The van der Waals surface area contributed by atoms with Crippen molar-refractivity contribution in [2.24, 2.45) is 0 Å². The van der Waals surface area contributed by atoms with Crippen LogP contribution in [0, 0.1) is 0 Å². The first-order valence-corrected chi connectivity index (χ1v) is 7.25. The Morgan fingerprint density at radius 2 is 2.09 bits per heavy atom. The van der Waals surface area contributed by atoms with Gasteiger partial charge in [0.25, 0.3) is 0 Å². The van der Waals surface area contributed by atoms with E-state index in [0.717, 1.165) is 28.0 Å². The molecule has 23 heavy (non-hydrogen) atoms. The standard InChI is InChI=1S/C18H17N5/c1-3-5-6-13(4-2)16-8-7-14(11-21-16)15-12-22-23-17(19)9-10-20-18(15)23/h3-12H,1,19H2,2H3/b6-5-,13-4+. The zero-order valence-corrected chi connectivity index (χ0v) is 12.8. The maximum absolute atomic E-state index is 5.90. The summed E-state index contributed by atoms with van der Waals surface area (Å²) >= 11 is 0. The van der Waals surface area contributed by atoms with Crippen molar-refractivity contribution in [1.29, 1.82) is 0 Å². The van der Waals surface area contributed by atoms with Crippen LogP contribution >= 0.6 is 0 Å². The van der Waals surface area contributed by atoms with Gasteiger partial charge in [0.15, 0.2) is 5.65 Å². The number of nitrogens with two attached hydrogens (primary N) is 1. The second-order valence-electron chi connectivity index (χ2n) is 4.93. The zero-order chi connectivity index (χ0) is 16.2. The zero-order valence-electron chi connectivity index (χ0n) is 12.8. The minimum Gasteiger partial charge on any atom is -0.384 e. The molecule has 5 nitrogen and oxygen atoms in total. The topological polar surface area (TPSA) is 69.1 Å². The Hall–Kier alpha value is -3.21. The predicted octanol–water partition coefficient (Wildman–Crippen LogP) is 3.52. The molecule has 0 unspecified atom stereocenters. The molecule has 0 aliphatic heterocycles. The molecule has 0 amide bonds. The number of pyridine rings is 1. The number of nitrogens with zero attached hydrogens (tertiary/aromatic N) is 4. The van der Waals surface area contributed by atoms with E-state index in [0.29, 0.717) is 5.82 Å². The molecule has 5 heteroatoms. The van der Waals surface area contributed by atoms with Gasteiger partial charge in [-0.3, -0.25) is 4.98 Å². The van der Waals surface area contributed by atoms with E-state index in [1.54, 1.807) is 29.1 Å². The highest BCUT2D eigenvalue weighted by molar-refractivity contribution is 5.79. The Labute approximate surface area is 134 Å². The first-order valence-electron chi connectivity index (χ1n) is 7.25. The molecule has 0 fully saturated rings. The van der Waals surface area contributed by atoms with Crippen molar-refractivity contribution in [3.8, 4) is 11.1 Å². The fourth-order valence-corrected chi connectivity index (χ4v) is 2.34. The Morgan fingerprint density at radius 3 is 2.78 bits per heavy atom. The van der Waals surface area contributed by atoms with E-state index >= 15 is 0 Å². The Morgan fingerprint density at radius 1 is 1.22 bits per heavy atom. The number of nitrogen functional groups attached to an aromatic ring is 1. The van der Waals surface area contributed by atoms with Crippen molar-refractivity contribution in [2.45, 2.75) is 6.92 Å². The van der Waals surface area contributed by atoms with Gasteiger partial charge in [-0.1, -0.05) is 36.9 Å². The largest absolute Gasteiger partial charge is 0.384 e. The van der Waals surface area contributed by atoms with Crippen LogP contribution in [0.15, 0.2) is 67.7 Å². The lowest BCUT2D eigenvalue weighted by atomic mass is 10.1. The van der Waals surface area contributed by atoms with Crippen molar-refractivity contribution >= 4 is 17.0 Å². The predicted molar refractivity (Wildman–Crippen MR) is 93.6 cm³/mol. The summed E-state index contributed by atoms with van der Waals surface area (Å²) in [4.78, 5) is 8.89. The number of fused-ring (bicyclic) bond motifs is 1. The molecule has 3 aromatic heterocycles. The number of anilines is 1. The molecule has 114 valence electrons. The van der Waals surface area contributed by atoms with Gasteiger partial charge in [-0.25, -0.2) is 4.98 Å². The summed E-state index contributed by atoms with van der Waals surface area (Å²) in [5.41, 5.74) is 10.4. The highest BCUT2D eigenvalue weighted by Crippen LogP contribution is 2.25. The number of rotatable bonds is 4. The van der Waals surface area contributed by atoms with Gasteiger partial charge in [-0.15, -0.1) is 0 Å². The maximum Gasteiger partial charge on any atom is 0.165 e. The Bertz CT molecular complexity index is 901. The van der Waals surface area contributed by atoms with Gasteiger partial charge >= 0.3 is 0 Å². The molecule has 2 N–H and O–H groups in total. The maximum atomic E-state index is 5.90. The van der Waals surface area contributed by atoms with Gasteiger partial charge in [0.05, 0.1) is 11.9 Å². The SMILES string of the molecule is C=C/C=C\C(=C/C)c1ccc(-c2cnn3c(N)ccnc23)cn1.